The van der Waals surface area contributed by atoms with Gasteiger partial charge in [-0.3, -0.25) is 0 Å². The number of rotatable bonds is 7. The van der Waals surface area contributed by atoms with Gasteiger partial charge in [0.1, 0.15) is 23.1 Å². The van der Waals surface area contributed by atoms with Gasteiger partial charge < -0.3 is 29.7 Å². The van der Waals surface area contributed by atoms with Crippen LogP contribution in [-0.4, -0.2) is 55.5 Å². The highest BCUT2D eigenvalue weighted by molar-refractivity contribution is 5.66. The van der Waals surface area contributed by atoms with Crippen LogP contribution in [-0.2, 0) is 4.74 Å². The Morgan fingerprint density at radius 1 is 0.967 bits per heavy atom. The molecule has 0 aliphatic carbocycles. The van der Waals surface area contributed by atoms with E-state index in [2.05, 4.69) is 30.5 Å². The normalized spacial score (nSPS) is 13.6. The molecule has 1 fully saturated rings. The molecule has 0 amide bonds. The van der Waals surface area contributed by atoms with Gasteiger partial charge in [-0.1, -0.05) is 0 Å². The number of nitrogens with one attached hydrogen (secondary N) is 2. The molecule has 1 aliphatic rings. The number of methoxy groups -OCH3 is 2. The highest BCUT2D eigenvalue weighted by Crippen LogP contribution is 2.31. The molecule has 30 heavy (non-hydrogen) atoms. The number of anilines is 5. The lowest BCUT2D eigenvalue weighted by Gasteiger charge is -2.27. The van der Waals surface area contributed by atoms with Crippen LogP contribution >= 0.6 is 0 Å². The molecule has 9 heteroatoms. The molecule has 1 aromatic carbocycles. The van der Waals surface area contributed by atoms with E-state index in [1.165, 1.54) is 0 Å². The Bertz CT molecular complexity index is 977. The summed E-state index contributed by atoms with van der Waals surface area (Å²) in [4.78, 5) is 15.5. The molecule has 3 aromatic rings. The lowest BCUT2D eigenvalue weighted by molar-refractivity contribution is 0.122. The Kier molecular flexibility index (Phi) is 6.09. The average Bonchev–Trinajstić information content (AvgIpc) is 2.81. The monoisotopic (exact) mass is 408 g/mol. The van der Waals surface area contributed by atoms with E-state index in [9.17, 15) is 0 Å². The maximum atomic E-state index is 5.43. The van der Waals surface area contributed by atoms with Crippen molar-refractivity contribution in [1.29, 1.82) is 0 Å². The topological polar surface area (TPSA) is 93.7 Å². The van der Waals surface area contributed by atoms with Crippen molar-refractivity contribution in [2.45, 2.75) is 0 Å². The molecule has 0 radical (unpaired) electrons. The fourth-order valence-electron chi connectivity index (χ4n) is 3.10. The van der Waals surface area contributed by atoms with Crippen molar-refractivity contribution >= 4 is 29.0 Å². The quantitative estimate of drug-likeness (QED) is 0.611. The van der Waals surface area contributed by atoms with Gasteiger partial charge in [-0.15, -0.1) is 0 Å². The van der Waals surface area contributed by atoms with Gasteiger partial charge in [-0.25, -0.2) is 9.97 Å². The predicted molar refractivity (Wildman–Crippen MR) is 115 cm³/mol. The molecule has 1 saturated heterocycles. The maximum Gasteiger partial charge on any atom is 0.229 e. The van der Waals surface area contributed by atoms with Crippen LogP contribution in [0.2, 0.25) is 0 Å². The molecule has 2 aromatic heterocycles. The van der Waals surface area contributed by atoms with Gasteiger partial charge >= 0.3 is 0 Å². The molecule has 0 unspecified atom stereocenters. The Labute approximate surface area is 175 Å². The standard InChI is InChI=1S/C21H24N6O3/c1-28-16-4-5-17(18(13-16)29-2)25-19-7-8-22-21(26-19)24-15-3-6-20(23-14-15)27-9-11-30-12-10-27/h3-8,13-14H,9-12H2,1-2H3,(H2,22,24,25,26). The first-order valence-corrected chi connectivity index (χ1v) is 9.63. The first-order chi connectivity index (χ1) is 14.7. The highest BCUT2D eigenvalue weighted by atomic mass is 16.5. The van der Waals surface area contributed by atoms with E-state index in [0.717, 1.165) is 49.2 Å². The number of benzene rings is 1. The highest BCUT2D eigenvalue weighted by Gasteiger charge is 2.12. The second-order valence-corrected chi connectivity index (χ2v) is 6.59. The van der Waals surface area contributed by atoms with Gasteiger partial charge in [0.15, 0.2) is 0 Å². The van der Waals surface area contributed by atoms with E-state index in [4.69, 9.17) is 14.2 Å². The van der Waals surface area contributed by atoms with Crippen molar-refractivity contribution in [3.63, 3.8) is 0 Å². The molecule has 3 heterocycles. The summed E-state index contributed by atoms with van der Waals surface area (Å²) in [6, 6.07) is 11.3. The van der Waals surface area contributed by atoms with Crippen LogP contribution in [0.25, 0.3) is 0 Å². The number of aromatic nitrogens is 3. The minimum Gasteiger partial charge on any atom is -0.497 e. The summed E-state index contributed by atoms with van der Waals surface area (Å²) in [5.74, 6) is 3.41. The Morgan fingerprint density at radius 3 is 2.57 bits per heavy atom. The van der Waals surface area contributed by atoms with Crippen LogP contribution in [0.4, 0.5) is 29.0 Å². The SMILES string of the molecule is COc1ccc(Nc2ccnc(Nc3ccc(N4CCOCC4)nc3)n2)c(OC)c1. The van der Waals surface area contributed by atoms with Gasteiger partial charge in [0.05, 0.1) is 45.0 Å². The van der Waals surface area contributed by atoms with Crippen molar-refractivity contribution in [2.24, 2.45) is 0 Å². The number of hydrogen-bond donors (Lipinski definition) is 2. The summed E-state index contributed by atoms with van der Waals surface area (Å²) in [6.07, 6.45) is 3.46. The smallest absolute Gasteiger partial charge is 0.229 e. The summed E-state index contributed by atoms with van der Waals surface area (Å²) >= 11 is 0. The predicted octanol–water partition coefficient (Wildman–Crippen LogP) is 3.21. The summed E-state index contributed by atoms with van der Waals surface area (Å²) < 4.78 is 16.0. The maximum absolute atomic E-state index is 5.43. The zero-order valence-corrected chi connectivity index (χ0v) is 17.0. The number of pyridine rings is 1. The molecule has 0 bridgehead atoms. The van der Waals surface area contributed by atoms with E-state index >= 15 is 0 Å². The molecule has 2 N–H and O–H groups in total. The third-order valence-corrected chi connectivity index (χ3v) is 4.67. The second-order valence-electron chi connectivity index (χ2n) is 6.59. The fraction of sp³-hybridized carbons (Fsp3) is 0.286. The van der Waals surface area contributed by atoms with Crippen LogP contribution in [0.5, 0.6) is 11.5 Å². The largest absolute Gasteiger partial charge is 0.497 e. The molecule has 0 spiro atoms. The van der Waals surface area contributed by atoms with Gasteiger partial charge in [-0.05, 0) is 30.3 Å². The third-order valence-electron chi connectivity index (χ3n) is 4.67. The zero-order chi connectivity index (χ0) is 20.8. The molecule has 9 nitrogen and oxygen atoms in total. The van der Waals surface area contributed by atoms with Gasteiger partial charge in [-0.2, -0.15) is 4.98 Å². The molecule has 4 rings (SSSR count). The number of nitrogens with zero attached hydrogens (tertiary/aromatic N) is 4. The number of hydrogen-bond acceptors (Lipinski definition) is 9. The summed E-state index contributed by atoms with van der Waals surface area (Å²) in [5.41, 5.74) is 1.59. The molecular weight excluding hydrogens is 384 g/mol. The minimum atomic E-state index is 0.466. The lowest BCUT2D eigenvalue weighted by atomic mass is 10.2. The molecule has 0 atom stereocenters. The Hall–Kier alpha value is -3.59. The van der Waals surface area contributed by atoms with Crippen LogP contribution in [0, 0.1) is 0 Å². The van der Waals surface area contributed by atoms with E-state index < -0.39 is 0 Å². The van der Waals surface area contributed by atoms with E-state index in [0.29, 0.717) is 17.5 Å². The average molecular weight is 408 g/mol. The second kappa shape index (κ2) is 9.27. The van der Waals surface area contributed by atoms with Crippen molar-refractivity contribution in [3.05, 3.63) is 48.8 Å². The van der Waals surface area contributed by atoms with E-state index in [1.54, 1.807) is 32.7 Å². The van der Waals surface area contributed by atoms with Crippen molar-refractivity contribution in [3.8, 4) is 11.5 Å². The van der Waals surface area contributed by atoms with Crippen LogP contribution in [0.3, 0.4) is 0 Å². The Morgan fingerprint density at radius 2 is 1.83 bits per heavy atom. The first kappa shape index (κ1) is 19.7. The third kappa shape index (κ3) is 4.69. The number of ether oxygens (including phenoxy) is 3. The molecule has 0 saturated carbocycles. The lowest BCUT2D eigenvalue weighted by Crippen LogP contribution is -2.36. The van der Waals surface area contributed by atoms with Gasteiger partial charge in [0.2, 0.25) is 5.95 Å². The molecule has 1 aliphatic heterocycles. The van der Waals surface area contributed by atoms with Crippen LogP contribution in [0.1, 0.15) is 0 Å². The molecule has 156 valence electrons. The van der Waals surface area contributed by atoms with E-state index in [-0.39, 0.29) is 0 Å². The van der Waals surface area contributed by atoms with Crippen molar-refractivity contribution in [1.82, 2.24) is 15.0 Å². The van der Waals surface area contributed by atoms with Crippen molar-refractivity contribution in [2.75, 3.05) is 56.1 Å². The Balaban J connectivity index is 1.45. The minimum absolute atomic E-state index is 0.466. The van der Waals surface area contributed by atoms with E-state index in [1.807, 2.05) is 30.3 Å². The first-order valence-electron chi connectivity index (χ1n) is 9.63. The summed E-state index contributed by atoms with van der Waals surface area (Å²) in [6.45, 7) is 3.17. The van der Waals surface area contributed by atoms with Crippen LogP contribution < -0.4 is 25.0 Å². The van der Waals surface area contributed by atoms with Crippen LogP contribution in [0.15, 0.2) is 48.8 Å². The fourth-order valence-corrected chi connectivity index (χ4v) is 3.10. The summed E-state index contributed by atoms with van der Waals surface area (Å²) in [7, 11) is 3.23. The zero-order valence-electron chi connectivity index (χ0n) is 17.0. The van der Waals surface area contributed by atoms with Gasteiger partial charge in [0.25, 0.3) is 0 Å². The van der Waals surface area contributed by atoms with Gasteiger partial charge in [0, 0.05) is 25.4 Å². The summed E-state index contributed by atoms with van der Waals surface area (Å²) in [5, 5.41) is 6.44. The molecular formula is C21H24N6O3. The van der Waals surface area contributed by atoms with Crippen molar-refractivity contribution < 1.29 is 14.2 Å². The number of morpholine rings is 1.